The van der Waals surface area contributed by atoms with Crippen LogP contribution in [0.5, 0.6) is 28.7 Å². The average molecular weight is 1220 g/mol. The van der Waals surface area contributed by atoms with Gasteiger partial charge in [-0.2, -0.15) is 0 Å². The van der Waals surface area contributed by atoms with Crippen molar-refractivity contribution in [3.05, 3.63) is 268 Å². The number of ether oxygens (including phenoxy) is 5. The number of methoxy groups -OCH3 is 1. The van der Waals surface area contributed by atoms with Gasteiger partial charge in [0.2, 0.25) is 10.0 Å². The van der Waals surface area contributed by atoms with E-state index in [9.17, 15) is 18.0 Å². The van der Waals surface area contributed by atoms with E-state index < -0.39 is 32.1 Å². The number of benzene rings is 7. The summed E-state index contributed by atoms with van der Waals surface area (Å²) < 4.78 is 55.5. The molecule has 468 valence electrons. The van der Waals surface area contributed by atoms with E-state index in [1.54, 1.807) is 55.7 Å². The Morgan fingerprint density at radius 3 is 1.10 bits per heavy atom. The van der Waals surface area contributed by atoms with Crippen LogP contribution in [0.2, 0.25) is 0 Å². The first-order valence-corrected chi connectivity index (χ1v) is 31.8. The van der Waals surface area contributed by atoms with Gasteiger partial charge in [-0.1, -0.05) is 174 Å². The largest absolute Gasteiger partial charge is 0.487 e. The van der Waals surface area contributed by atoms with Crippen molar-refractivity contribution < 1.29 is 41.7 Å². The normalized spacial score (nSPS) is 13.5. The maximum atomic E-state index is 13.8. The Balaban J connectivity index is 0.936. The summed E-state index contributed by atoms with van der Waals surface area (Å²) in [6.07, 6.45) is 6.75. The second kappa shape index (κ2) is 26.2. The fourth-order valence-electron chi connectivity index (χ4n) is 9.96. The smallest absolute Gasteiger partial charge is 0.231 e. The third-order valence-corrected chi connectivity index (χ3v) is 19.5. The molecule has 0 bridgehead atoms. The minimum absolute atomic E-state index is 0.0521. The Morgan fingerprint density at radius 2 is 0.753 bits per heavy atom. The Labute approximate surface area is 530 Å². The van der Waals surface area contributed by atoms with Gasteiger partial charge in [0.05, 0.1) is 5.60 Å². The van der Waals surface area contributed by atoms with Crippen LogP contribution in [0.1, 0.15) is 177 Å². The molecule has 0 unspecified atom stereocenters. The number of sulfonamides is 1. The van der Waals surface area contributed by atoms with Crippen LogP contribution in [-0.2, 0) is 41.2 Å². The fraction of sp³-hybridized carbons (Fsp3) is 0.333. The van der Waals surface area contributed by atoms with E-state index in [1.807, 2.05) is 143 Å². The monoisotopic (exact) mass is 1220 g/mol. The molecular formula is C78H91NO9S. The Kier molecular flexibility index (Phi) is 20.1. The summed E-state index contributed by atoms with van der Waals surface area (Å²) in [6.45, 7) is 39.6. The molecule has 7 aromatic carbocycles. The first-order valence-electron chi connectivity index (χ1n) is 30.2. The zero-order valence-electron chi connectivity index (χ0n) is 55.4. The molecule has 11 heteroatoms. The molecule has 0 saturated carbocycles. The molecule has 0 fully saturated rings. The topological polar surface area (TPSA) is 140 Å². The molecule has 0 spiro atoms. The van der Waals surface area contributed by atoms with Crippen LogP contribution in [0.25, 0.3) is 0 Å². The van der Waals surface area contributed by atoms with Crippen LogP contribution >= 0.6 is 0 Å². The number of nitrogens with two attached hydrogens (primary N) is 1. The van der Waals surface area contributed by atoms with E-state index in [0.29, 0.717) is 56.6 Å². The van der Waals surface area contributed by atoms with Crippen LogP contribution in [0.4, 0.5) is 0 Å². The SMILES string of the molecule is C=C\C(=C/C=C(\C=C\S(N)(=O)=O)C(C)(C)c1ccc(Oc2ccc(C(=O)c3ccc(C(C)(C)C(C)(C)Oc4ccc(C(C)(C)c5ccc(Oc6ccc(C(=O)c7ccc(C(C)(C)C(C)(C)OC)cc7)cc6)cc5)cc4)cc3)cc2)cc1)OC(C)(C)C(C)(C)C. The molecule has 0 aliphatic heterocycles. The van der Waals surface area contributed by atoms with Gasteiger partial charge < -0.3 is 23.7 Å². The van der Waals surface area contributed by atoms with Crippen LogP contribution in [0.15, 0.2) is 217 Å². The number of hydrogen-bond acceptors (Lipinski definition) is 9. The fourth-order valence-corrected chi connectivity index (χ4v) is 10.3. The van der Waals surface area contributed by atoms with Crippen molar-refractivity contribution in [2.45, 2.75) is 156 Å². The van der Waals surface area contributed by atoms with Crippen molar-refractivity contribution >= 4 is 21.6 Å². The minimum atomic E-state index is -3.91. The van der Waals surface area contributed by atoms with Crippen LogP contribution in [0.3, 0.4) is 0 Å². The summed E-state index contributed by atoms with van der Waals surface area (Å²) in [5.74, 6) is 3.59. The lowest BCUT2D eigenvalue weighted by Gasteiger charge is -2.42. The molecule has 0 aromatic heterocycles. The van der Waals surface area contributed by atoms with E-state index in [1.165, 1.54) is 6.08 Å². The maximum absolute atomic E-state index is 13.8. The standard InChI is InChI=1S/C78H91NO9S/c1-20-63(87-76(13,14)71(2,3)4)44-33-60(51-52-89(79,82)83)73(7,8)58-36-47-67(48-37-58)86-65-42-27-56(28-43-65)70(81)54-23-31-62(32-24-54)75(11,12)78(17,18)88-68-49-38-59(39-50-68)72(5,6)57-34-45-66(46-35-57)85-64-40-25-55(26-41-64)69(80)53-21-29-61(30-22-53)74(9,10)77(15,16)84-19/h20-52H,1H2,2-19H3,(H2,79,82,83)/b52-51+,60-33+,63-44+. The van der Waals surface area contributed by atoms with Crippen molar-refractivity contribution in [2.24, 2.45) is 10.6 Å². The first-order chi connectivity index (χ1) is 41.3. The second-order valence-corrected chi connectivity index (χ2v) is 29.1. The van der Waals surface area contributed by atoms with Gasteiger partial charge in [-0.05, 0) is 178 Å². The van der Waals surface area contributed by atoms with E-state index in [-0.39, 0.29) is 33.4 Å². The van der Waals surface area contributed by atoms with Gasteiger partial charge in [-0.15, -0.1) is 0 Å². The lowest BCUT2D eigenvalue weighted by molar-refractivity contribution is -0.0475. The third-order valence-electron chi connectivity index (χ3n) is 19.0. The Morgan fingerprint density at radius 1 is 0.427 bits per heavy atom. The Bertz CT molecular complexity index is 3840. The maximum Gasteiger partial charge on any atom is 0.231 e. The van der Waals surface area contributed by atoms with E-state index >= 15 is 0 Å². The van der Waals surface area contributed by atoms with Crippen molar-refractivity contribution in [3.63, 3.8) is 0 Å². The minimum Gasteiger partial charge on any atom is -0.487 e. The molecule has 2 N–H and O–H groups in total. The molecule has 0 amide bonds. The highest BCUT2D eigenvalue weighted by atomic mass is 32.2. The van der Waals surface area contributed by atoms with E-state index in [2.05, 4.69) is 121 Å². The van der Waals surface area contributed by atoms with E-state index in [4.69, 9.17) is 28.8 Å². The zero-order chi connectivity index (χ0) is 65.8. The molecule has 89 heavy (non-hydrogen) atoms. The lowest BCUT2D eigenvalue weighted by atomic mass is 9.71. The molecule has 0 aliphatic carbocycles. The van der Waals surface area contributed by atoms with Gasteiger partial charge in [-0.25, -0.2) is 13.6 Å². The highest BCUT2D eigenvalue weighted by molar-refractivity contribution is 7.92. The summed E-state index contributed by atoms with van der Waals surface area (Å²) in [7, 11) is -2.19. The van der Waals surface area contributed by atoms with Gasteiger partial charge >= 0.3 is 0 Å². The molecule has 7 aromatic rings. The average Bonchev–Trinajstić information content (AvgIpc) is 2.12. The summed E-state index contributed by atoms with van der Waals surface area (Å²) in [4.78, 5) is 27.3. The number of hydrogen-bond donors (Lipinski definition) is 1. The summed E-state index contributed by atoms with van der Waals surface area (Å²) in [5.41, 5.74) is 4.77. The van der Waals surface area contributed by atoms with Gasteiger partial charge in [0.1, 0.15) is 45.7 Å². The van der Waals surface area contributed by atoms with Crippen LogP contribution in [0, 0.1) is 5.41 Å². The van der Waals surface area contributed by atoms with Crippen LogP contribution < -0.4 is 19.3 Å². The number of rotatable bonds is 25. The number of allylic oxidation sites excluding steroid dienone is 5. The molecule has 0 radical (unpaired) electrons. The molecule has 0 saturated heterocycles. The van der Waals surface area contributed by atoms with Gasteiger partial charge in [0, 0.05) is 61.8 Å². The summed E-state index contributed by atoms with van der Waals surface area (Å²) in [5, 5.41) is 6.38. The molecule has 7 rings (SSSR count). The summed E-state index contributed by atoms with van der Waals surface area (Å²) in [6, 6.07) is 53.8. The number of primary sulfonamides is 1. The quantitative estimate of drug-likeness (QED) is 0.0336. The Hall–Kier alpha value is -8.09. The van der Waals surface area contributed by atoms with Crippen LogP contribution in [-0.4, -0.2) is 43.9 Å². The molecule has 0 heterocycles. The van der Waals surface area contributed by atoms with Gasteiger partial charge in [0.25, 0.3) is 0 Å². The summed E-state index contributed by atoms with van der Waals surface area (Å²) >= 11 is 0. The number of ketones is 2. The van der Waals surface area contributed by atoms with Gasteiger partial charge in [-0.3, -0.25) is 9.59 Å². The van der Waals surface area contributed by atoms with Crippen molar-refractivity contribution in [3.8, 4) is 28.7 Å². The van der Waals surface area contributed by atoms with E-state index in [0.717, 1.165) is 39.0 Å². The molecule has 0 atom stereocenters. The lowest BCUT2D eigenvalue weighted by Crippen LogP contribution is -2.47. The third kappa shape index (κ3) is 15.9. The number of carbonyl (C=O) groups excluding carboxylic acids is 2. The molecule has 0 aliphatic rings. The van der Waals surface area contributed by atoms with Crippen molar-refractivity contribution in [2.75, 3.05) is 7.11 Å². The number of carbonyl (C=O) groups is 2. The van der Waals surface area contributed by atoms with Gasteiger partial charge in [0.15, 0.2) is 11.6 Å². The highest BCUT2D eigenvalue weighted by Crippen LogP contribution is 2.42. The highest BCUT2D eigenvalue weighted by Gasteiger charge is 2.42. The predicted octanol–water partition coefficient (Wildman–Crippen LogP) is 18.8. The second-order valence-electron chi connectivity index (χ2n) is 27.6. The first kappa shape index (κ1) is 68.4. The zero-order valence-corrected chi connectivity index (χ0v) is 56.2. The predicted molar refractivity (Wildman–Crippen MR) is 362 cm³/mol. The van der Waals surface area contributed by atoms with Crippen molar-refractivity contribution in [1.82, 2.24) is 0 Å². The van der Waals surface area contributed by atoms with Crippen molar-refractivity contribution in [1.29, 1.82) is 0 Å². The molecular weight excluding hydrogens is 1130 g/mol. The molecule has 10 nitrogen and oxygen atoms in total.